The standard InChI is InChI=1S/C19H24N6O2/c1-15(26)24-11-13-25(14-12-24)19-21-9-5-17(22-19)18(27)23(2)10-6-16-3-7-20-8-4-16/h3-5,7-9H,6,10-14H2,1-2H3. The van der Waals surface area contributed by atoms with Gasteiger partial charge in [0.25, 0.3) is 5.91 Å². The Kier molecular flexibility index (Phi) is 5.95. The first kappa shape index (κ1) is 18.8. The lowest BCUT2D eigenvalue weighted by Crippen LogP contribution is -2.48. The van der Waals surface area contributed by atoms with Gasteiger partial charge in [-0.25, -0.2) is 9.97 Å². The Bertz CT molecular complexity index is 790. The molecule has 0 radical (unpaired) electrons. The third-order valence-corrected chi connectivity index (χ3v) is 4.70. The summed E-state index contributed by atoms with van der Waals surface area (Å²) in [6.45, 7) is 4.78. The van der Waals surface area contributed by atoms with Crippen LogP contribution in [-0.4, -0.2) is 76.3 Å². The van der Waals surface area contributed by atoms with Gasteiger partial charge in [-0.15, -0.1) is 0 Å². The maximum absolute atomic E-state index is 12.7. The van der Waals surface area contributed by atoms with Gasteiger partial charge in [-0.05, 0) is 30.2 Å². The smallest absolute Gasteiger partial charge is 0.272 e. The van der Waals surface area contributed by atoms with Crippen LogP contribution in [0.4, 0.5) is 5.95 Å². The van der Waals surface area contributed by atoms with Crippen LogP contribution in [0.2, 0.25) is 0 Å². The summed E-state index contributed by atoms with van der Waals surface area (Å²) in [6.07, 6.45) is 5.87. The van der Waals surface area contributed by atoms with Gasteiger partial charge >= 0.3 is 0 Å². The highest BCUT2D eigenvalue weighted by Gasteiger charge is 2.22. The molecule has 3 heterocycles. The topological polar surface area (TPSA) is 82.5 Å². The number of pyridine rings is 1. The zero-order chi connectivity index (χ0) is 19.2. The van der Waals surface area contributed by atoms with E-state index in [-0.39, 0.29) is 11.8 Å². The van der Waals surface area contributed by atoms with Crippen molar-refractivity contribution in [3.63, 3.8) is 0 Å². The number of carbonyl (C=O) groups excluding carboxylic acids is 2. The Hall–Kier alpha value is -3.03. The summed E-state index contributed by atoms with van der Waals surface area (Å²) >= 11 is 0. The molecule has 0 spiro atoms. The maximum atomic E-state index is 12.7. The minimum absolute atomic E-state index is 0.0790. The fourth-order valence-corrected chi connectivity index (χ4v) is 2.98. The van der Waals surface area contributed by atoms with E-state index in [0.29, 0.717) is 44.4 Å². The van der Waals surface area contributed by atoms with Gasteiger partial charge in [-0.2, -0.15) is 0 Å². The molecular weight excluding hydrogens is 344 g/mol. The molecule has 8 heteroatoms. The van der Waals surface area contributed by atoms with Crippen LogP contribution in [-0.2, 0) is 11.2 Å². The molecule has 0 saturated carbocycles. The molecule has 3 rings (SSSR count). The van der Waals surface area contributed by atoms with E-state index in [9.17, 15) is 9.59 Å². The molecule has 0 aliphatic carbocycles. The molecule has 0 aromatic carbocycles. The molecule has 1 aliphatic rings. The Labute approximate surface area is 158 Å². The second-order valence-corrected chi connectivity index (χ2v) is 6.57. The monoisotopic (exact) mass is 368 g/mol. The first-order chi connectivity index (χ1) is 13.0. The number of hydrogen-bond donors (Lipinski definition) is 0. The van der Waals surface area contributed by atoms with Gasteiger partial charge in [-0.3, -0.25) is 14.6 Å². The molecule has 0 unspecified atom stereocenters. The summed E-state index contributed by atoms with van der Waals surface area (Å²) in [6, 6.07) is 5.53. The van der Waals surface area contributed by atoms with Crippen LogP contribution < -0.4 is 4.90 Å². The highest BCUT2D eigenvalue weighted by molar-refractivity contribution is 5.92. The molecular formula is C19H24N6O2. The van der Waals surface area contributed by atoms with Gasteiger partial charge in [0.1, 0.15) is 5.69 Å². The van der Waals surface area contributed by atoms with E-state index in [4.69, 9.17) is 0 Å². The summed E-state index contributed by atoms with van der Waals surface area (Å²) < 4.78 is 0. The molecule has 8 nitrogen and oxygen atoms in total. The first-order valence-electron chi connectivity index (χ1n) is 9.02. The molecule has 1 saturated heterocycles. The lowest BCUT2D eigenvalue weighted by Gasteiger charge is -2.34. The van der Waals surface area contributed by atoms with E-state index >= 15 is 0 Å². The van der Waals surface area contributed by atoms with E-state index in [1.54, 1.807) is 48.4 Å². The Morgan fingerprint density at radius 1 is 1.07 bits per heavy atom. The van der Waals surface area contributed by atoms with Gasteiger partial charge in [0.15, 0.2) is 0 Å². The van der Waals surface area contributed by atoms with E-state index in [1.807, 2.05) is 17.0 Å². The van der Waals surface area contributed by atoms with Crippen molar-refractivity contribution in [1.82, 2.24) is 24.8 Å². The predicted molar refractivity (Wildman–Crippen MR) is 101 cm³/mol. The SMILES string of the molecule is CC(=O)N1CCN(c2nccc(C(=O)N(C)CCc3ccncc3)n2)CC1. The highest BCUT2D eigenvalue weighted by atomic mass is 16.2. The van der Waals surface area contributed by atoms with Crippen molar-refractivity contribution in [2.24, 2.45) is 0 Å². The number of nitrogens with zero attached hydrogens (tertiary/aromatic N) is 6. The van der Waals surface area contributed by atoms with Gasteiger partial charge in [0, 0.05) is 65.3 Å². The number of carbonyl (C=O) groups is 2. The van der Waals surface area contributed by atoms with Crippen LogP contribution in [0.1, 0.15) is 23.0 Å². The minimum Gasteiger partial charge on any atom is -0.340 e. The van der Waals surface area contributed by atoms with Gasteiger partial charge in [0.2, 0.25) is 11.9 Å². The summed E-state index contributed by atoms with van der Waals surface area (Å²) in [5.41, 5.74) is 1.52. The van der Waals surface area contributed by atoms with Crippen LogP contribution in [0, 0.1) is 0 Å². The molecule has 1 fully saturated rings. The lowest BCUT2D eigenvalue weighted by molar-refractivity contribution is -0.129. The fourth-order valence-electron chi connectivity index (χ4n) is 2.98. The molecule has 2 aromatic heterocycles. The number of hydrogen-bond acceptors (Lipinski definition) is 6. The Balaban J connectivity index is 1.61. The largest absolute Gasteiger partial charge is 0.340 e. The van der Waals surface area contributed by atoms with Crippen LogP contribution in [0.25, 0.3) is 0 Å². The van der Waals surface area contributed by atoms with Crippen LogP contribution in [0.15, 0.2) is 36.8 Å². The average molecular weight is 368 g/mol. The Morgan fingerprint density at radius 3 is 2.44 bits per heavy atom. The molecule has 0 N–H and O–H groups in total. The van der Waals surface area contributed by atoms with Crippen molar-refractivity contribution in [1.29, 1.82) is 0 Å². The summed E-state index contributed by atoms with van der Waals surface area (Å²) in [5.74, 6) is 0.483. The van der Waals surface area contributed by atoms with Crippen LogP contribution >= 0.6 is 0 Å². The number of rotatable bonds is 5. The molecule has 0 atom stereocenters. The molecule has 142 valence electrons. The van der Waals surface area contributed by atoms with E-state index in [1.165, 1.54) is 0 Å². The third kappa shape index (κ3) is 4.78. The predicted octanol–water partition coefficient (Wildman–Crippen LogP) is 0.855. The number of amides is 2. The number of likely N-dealkylation sites (N-methyl/N-ethyl adjacent to an activating group) is 1. The lowest BCUT2D eigenvalue weighted by atomic mass is 10.2. The molecule has 2 amide bonds. The number of anilines is 1. The second kappa shape index (κ2) is 8.57. The van der Waals surface area contributed by atoms with E-state index in [0.717, 1.165) is 12.0 Å². The first-order valence-corrected chi connectivity index (χ1v) is 9.02. The molecule has 2 aromatic rings. The van der Waals surface area contributed by atoms with Crippen molar-refractivity contribution < 1.29 is 9.59 Å². The van der Waals surface area contributed by atoms with Crippen molar-refractivity contribution in [2.45, 2.75) is 13.3 Å². The van der Waals surface area contributed by atoms with Gasteiger partial charge < -0.3 is 14.7 Å². The molecule has 1 aliphatic heterocycles. The van der Waals surface area contributed by atoms with Gasteiger partial charge in [0.05, 0.1) is 0 Å². The van der Waals surface area contributed by atoms with Crippen molar-refractivity contribution in [3.05, 3.63) is 48.0 Å². The summed E-state index contributed by atoms with van der Waals surface area (Å²) in [4.78, 5) is 42.4. The zero-order valence-electron chi connectivity index (χ0n) is 15.7. The average Bonchev–Trinajstić information content (AvgIpc) is 2.72. The minimum atomic E-state index is -0.130. The van der Waals surface area contributed by atoms with Crippen molar-refractivity contribution in [3.8, 4) is 0 Å². The fraction of sp³-hybridized carbons (Fsp3) is 0.421. The van der Waals surface area contributed by atoms with E-state index in [2.05, 4.69) is 15.0 Å². The normalized spacial score (nSPS) is 14.1. The maximum Gasteiger partial charge on any atom is 0.272 e. The van der Waals surface area contributed by atoms with Crippen molar-refractivity contribution >= 4 is 17.8 Å². The van der Waals surface area contributed by atoms with E-state index < -0.39 is 0 Å². The van der Waals surface area contributed by atoms with Crippen LogP contribution in [0.3, 0.4) is 0 Å². The quantitative estimate of drug-likeness (QED) is 0.778. The second-order valence-electron chi connectivity index (χ2n) is 6.57. The zero-order valence-corrected chi connectivity index (χ0v) is 15.7. The number of aromatic nitrogens is 3. The highest BCUT2D eigenvalue weighted by Crippen LogP contribution is 2.12. The van der Waals surface area contributed by atoms with Crippen molar-refractivity contribution in [2.75, 3.05) is 44.7 Å². The van der Waals surface area contributed by atoms with Gasteiger partial charge in [-0.1, -0.05) is 0 Å². The molecule has 27 heavy (non-hydrogen) atoms. The summed E-state index contributed by atoms with van der Waals surface area (Å²) in [7, 11) is 1.77. The Morgan fingerprint density at radius 2 is 1.78 bits per heavy atom. The molecule has 0 bridgehead atoms. The number of piperazine rings is 1. The summed E-state index contributed by atoms with van der Waals surface area (Å²) in [5, 5.41) is 0. The van der Waals surface area contributed by atoms with Crippen LogP contribution in [0.5, 0.6) is 0 Å². The third-order valence-electron chi connectivity index (χ3n) is 4.70.